The third kappa shape index (κ3) is 3.42. The van der Waals surface area contributed by atoms with Crippen LogP contribution in [0.25, 0.3) is 5.69 Å². The molecule has 0 saturated carbocycles. The smallest absolute Gasteiger partial charge is 0.254 e. The molecule has 1 amide bonds. The molecule has 0 radical (unpaired) electrons. The van der Waals surface area contributed by atoms with E-state index in [1.807, 2.05) is 24.3 Å². The van der Waals surface area contributed by atoms with Crippen molar-refractivity contribution in [2.24, 2.45) is 0 Å². The van der Waals surface area contributed by atoms with Gasteiger partial charge >= 0.3 is 0 Å². The molecule has 1 aromatic heterocycles. The molecule has 1 aliphatic heterocycles. The summed E-state index contributed by atoms with van der Waals surface area (Å²) in [7, 11) is 3.23. The van der Waals surface area contributed by atoms with Crippen molar-refractivity contribution in [3.05, 3.63) is 42.2 Å². The van der Waals surface area contributed by atoms with Crippen molar-refractivity contribution in [3.8, 4) is 11.4 Å². The molecular weight excluding hydrogens is 310 g/mol. The highest BCUT2D eigenvalue weighted by Crippen LogP contribution is 2.21. The zero-order valence-corrected chi connectivity index (χ0v) is 13.8. The fraction of sp³-hybridized carbons (Fsp3) is 0.412. The quantitative estimate of drug-likeness (QED) is 0.897. The molecule has 1 aromatic carbocycles. The van der Waals surface area contributed by atoms with E-state index in [4.69, 9.17) is 14.2 Å². The molecule has 1 N–H and O–H groups in total. The zero-order valence-electron chi connectivity index (χ0n) is 13.8. The van der Waals surface area contributed by atoms with Gasteiger partial charge in [-0.3, -0.25) is 4.79 Å². The lowest BCUT2D eigenvalue weighted by molar-refractivity contribution is -0.0479. The molecule has 2 atom stereocenters. The van der Waals surface area contributed by atoms with Crippen molar-refractivity contribution < 1.29 is 19.0 Å². The van der Waals surface area contributed by atoms with E-state index in [-0.39, 0.29) is 18.1 Å². The van der Waals surface area contributed by atoms with Crippen LogP contribution in [0.2, 0.25) is 0 Å². The lowest BCUT2D eigenvalue weighted by Crippen LogP contribution is -2.49. The fourth-order valence-corrected chi connectivity index (χ4v) is 2.75. The van der Waals surface area contributed by atoms with Gasteiger partial charge in [0, 0.05) is 19.9 Å². The Balaban J connectivity index is 1.74. The number of benzene rings is 1. The molecular formula is C17H21N3O4. The summed E-state index contributed by atoms with van der Waals surface area (Å²) in [5, 5.41) is 7.27. The Labute approximate surface area is 140 Å². The average Bonchev–Trinajstić information content (AvgIpc) is 3.12. The number of amides is 1. The first-order valence-corrected chi connectivity index (χ1v) is 7.82. The van der Waals surface area contributed by atoms with Gasteiger partial charge in [-0.25, -0.2) is 4.68 Å². The maximum absolute atomic E-state index is 12.5. The number of methoxy groups -OCH3 is 2. The zero-order chi connectivity index (χ0) is 16.9. The van der Waals surface area contributed by atoms with Gasteiger partial charge in [-0.2, -0.15) is 5.10 Å². The normalized spacial score (nSPS) is 20.6. The molecule has 3 rings (SSSR count). The summed E-state index contributed by atoms with van der Waals surface area (Å²) in [4.78, 5) is 12.5. The molecule has 1 saturated heterocycles. The molecule has 2 heterocycles. The van der Waals surface area contributed by atoms with Crippen LogP contribution in [0.5, 0.6) is 5.75 Å². The number of carbonyl (C=O) groups is 1. The third-order valence-electron chi connectivity index (χ3n) is 4.10. The standard InChI is InChI=1S/C17H21N3O4/c1-22-15-6-4-3-5-14(15)20-10-12(9-18-20)17(21)19-13-7-8-24-11-16(13)23-2/h3-6,9-10,13,16H,7-8,11H2,1-2H3,(H,19,21)/t13-,16-/m1/s1. The largest absolute Gasteiger partial charge is 0.494 e. The Morgan fingerprint density at radius 1 is 1.38 bits per heavy atom. The van der Waals surface area contributed by atoms with Gasteiger partial charge in [0.2, 0.25) is 0 Å². The summed E-state index contributed by atoms with van der Waals surface area (Å²) >= 11 is 0. The monoisotopic (exact) mass is 331 g/mol. The van der Waals surface area contributed by atoms with Gasteiger partial charge in [0.25, 0.3) is 5.91 Å². The highest BCUT2D eigenvalue weighted by molar-refractivity contribution is 5.94. The number of hydrogen-bond donors (Lipinski definition) is 1. The Bertz CT molecular complexity index is 701. The predicted molar refractivity (Wildman–Crippen MR) is 87.6 cm³/mol. The second kappa shape index (κ2) is 7.46. The highest BCUT2D eigenvalue weighted by atomic mass is 16.5. The Kier molecular flexibility index (Phi) is 5.12. The molecule has 0 bridgehead atoms. The first-order chi connectivity index (χ1) is 11.7. The summed E-state index contributed by atoms with van der Waals surface area (Å²) < 4.78 is 17.7. The number of nitrogens with zero attached hydrogens (tertiary/aromatic N) is 2. The summed E-state index contributed by atoms with van der Waals surface area (Å²) in [5.41, 5.74) is 1.27. The van der Waals surface area contributed by atoms with Gasteiger partial charge in [0.15, 0.2) is 0 Å². The van der Waals surface area contributed by atoms with Gasteiger partial charge in [-0.15, -0.1) is 0 Å². The number of para-hydroxylation sites is 2. The van der Waals surface area contributed by atoms with E-state index in [0.717, 1.165) is 12.1 Å². The molecule has 7 nitrogen and oxygen atoms in total. The van der Waals surface area contributed by atoms with E-state index in [0.29, 0.717) is 24.5 Å². The lowest BCUT2D eigenvalue weighted by Gasteiger charge is -2.30. The van der Waals surface area contributed by atoms with Crippen molar-refractivity contribution in [2.75, 3.05) is 27.4 Å². The molecule has 1 fully saturated rings. The van der Waals surface area contributed by atoms with Crippen molar-refractivity contribution in [1.29, 1.82) is 0 Å². The van der Waals surface area contributed by atoms with Gasteiger partial charge in [-0.1, -0.05) is 12.1 Å². The SMILES string of the molecule is COc1ccccc1-n1cc(C(=O)N[C@@H]2CCOC[C@H]2OC)cn1. The van der Waals surface area contributed by atoms with Crippen LogP contribution >= 0.6 is 0 Å². The molecule has 24 heavy (non-hydrogen) atoms. The molecule has 2 aromatic rings. The number of aromatic nitrogens is 2. The van der Waals surface area contributed by atoms with Crippen LogP contribution < -0.4 is 10.1 Å². The van der Waals surface area contributed by atoms with Crippen LogP contribution in [0.4, 0.5) is 0 Å². The van der Waals surface area contributed by atoms with Crippen LogP contribution in [-0.2, 0) is 9.47 Å². The Morgan fingerprint density at radius 2 is 2.21 bits per heavy atom. The van der Waals surface area contributed by atoms with E-state index < -0.39 is 0 Å². The van der Waals surface area contributed by atoms with E-state index in [1.165, 1.54) is 0 Å². The summed E-state index contributed by atoms with van der Waals surface area (Å²) in [6.07, 6.45) is 3.83. The van der Waals surface area contributed by atoms with E-state index in [2.05, 4.69) is 10.4 Å². The minimum absolute atomic E-state index is 0.0640. The fourth-order valence-electron chi connectivity index (χ4n) is 2.75. The molecule has 1 aliphatic rings. The average molecular weight is 331 g/mol. The molecule has 128 valence electrons. The second-order valence-electron chi connectivity index (χ2n) is 5.56. The Hall–Kier alpha value is -2.38. The first-order valence-electron chi connectivity index (χ1n) is 7.82. The molecule has 0 unspecified atom stereocenters. The second-order valence-corrected chi connectivity index (χ2v) is 5.56. The van der Waals surface area contributed by atoms with Crippen LogP contribution in [0.3, 0.4) is 0 Å². The van der Waals surface area contributed by atoms with Crippen molar-refractivity contribution in [2.45, 2.75) is 18.6 Å². The Morgan fingerprint density at radius 3 is 3.00 bits per heavy atom. The van der Waals surface area contributed by atoms with Crippen LogP contribution in [-0.4, -0.2) is 55.3 Å². The number of carbonyl (C=O) groups excluding carboxylic acids is 1. The summed E-state index contributed by atoms with van der Waals surface area (Å²) in [6, 6.07) is 7.44. The number of rotatable bonds is 5. The van der Waals surface area contributed by atoms with Crippen molar-refractivity contribution in [3.63, 3.8) is 0 Å². The highest BCUT2D eigenvalue weighted by Gasteiger charge is 2.27. The third-order valence-corrected chi connectivity index (χ3v) is 4.10. The van der Waals surface area contributed by atoms with E-state index in [9.17, 15) is 4.79 Å². The number of nitrogens with one attached hydrogen (secondary N) is 1. The predicted octanol–water partition coefficient (Wildman–Crippen LogP) is 1.41. The number of ether oxygens (including phenoxy) is 3. The summed E-state index contributed by atoms with van der Waals surface area (Å²) in [5.74, 6) is 0.515. The van der Waals surface area contributed by atoms with Crippen LogP contribution in [0, 0.1) is 0 Å². The minimum atomic E-state index is -0.176. The van der Waals surface area contributed by atoms with Crippen molar-refractivity contribution in [1.82, 2.24) is 15.1 Å². The van der Waals surface area contributed by atoms with Gasteiger partial charge in [0.05, 0.1) is 31.5 Å². The topological polar surface area (TPSA) is 74.6 Å². The summed E-state index contributed by atoms with van der Waals surface area (Å²) in [6.45, 7) is 1.10. The van der Waals surface area contributed by atoms with E-state index in [1.54, 1.807) is 31.3 Å². The lowest BCUT2D eigenvalue weighted by atomic mass is 10.1. The van der Waals surface area contributed by atoms with Gasteiger partial charge in [0.1, 0.15) is 17.5 Å². The van der Waals surface area contributed by atoms with Gasteiger partial charge < -0.3 is 19.5 Å². The first kappa shape index (κ1) is 16.5. The molecule has 0 aliphatic carbocycles. The molecule has 0 spiro atoms. The minimum Gasteiger partial charge on any atom is -0.494 e. The van der Waals surface area contributed by atoms with Crippen LogP contribution in [0.15, 0.2) is 36.7 Å². The van der Waals surface area contributed by atoms with Gasteiger partial charge in [-0.05, 0) is 18.6 Å². The van der Waals surface area contributed by atoms with Crippen molar-refractivity contribution >= 4 is 5.91 Å². The maximum atomic E-state index is 12.5. The maximum Gasteiger partial charge on any atom is 0.254 e. The van der Waals surface area contributed by atoms with Crippen LogP contribution in [0.1, 0.15) is 16.8 Å². The molecule has 7 heteroatoms. The number of hydrogen-bond acceptors (Lipinski definition) is 5. The van der Waals surface area contributed by atoms with E-state index >= 15 is 0 Å².